The van der Waals surface area contributed by atoms with Gasteiger partial charge in [-0.2, -0.15) is 0 Å². The molecule has 0 spiro atoms. The monoisotopic (exact) mass is 1310 g/mol. The number of carbonyl (C=O) groups excluding carboxylic acids is 8. The minimum absolute atomic E-state index is 0.0615. The van der Waals surface area contributed by atoms with Crippen LogP contribution in [0.4, 0.5) is 9.59 Å². The van der Waals surface area contributed by atoms with E-state index in [1.807, 2.05) is 76.2 Å². The van der Waals surface area contributed by atoms with Gasteiger partial charge in [-0.15, -0.1) is 0 Å². The molecule has 1 aromatic carbocycles. The SMILES string of the molecule is CC[Si](CC)(CC)O[C@H]1C[C@H]2OC[C@@]2(OC(C)=O)[C@H]2[C@H](OC(=O)c3ccccc3)[C@]3(O)C[C@H](OC(=O)[C@H](O[Si](C(C)C)(C(C)C)C(C)C)[C@H](C=C(C)C)NC(=O)/C=C/CCCN(C(=O)OC(C)(C)C)C(=O)OC(C)(C)C)C(C)=C([C@@H](OC(C)=O)C(=O)[C@]12C)C3(C)C. The van der Waals surface area contributed by atoms with Gasteiger partial charge in [0.1, 0.15) is 35.1 Å². The number of carbonyl (C=O) groups is 8. The van der Waals surface area contributed by atoms with Crippen LogP contribution in [0.15, 0.2) is 65.3 Å². The first-order chi connectivity index (χ1) is 42.0. The lowest BCUT2D eigenvalue weighted by molar-refractivity contribution is -0.344. The van der Waals surface area contributed by atoms with Crippen LogP contribution in [0.5, 0.6) is 0 Å². The lowest BCUT2D eigenvalue weighted by Crippen LogP contribution is -2.82. The molecule has 2 N–H and O–H groups in total. The van der Waals surface area contributed by atoms with Gasteiger partial charge in [0.2, 0.25) is 14.2 Å². The van der Waals surface area contributed by atoms with E-state index in [1.54, 1.807) is 112 Å². The molecule has 2 bridgehead atoms. The summed E-state index contributed by atoms with van der Waals surface area (Å²) in [7, 11) is -5.82. The van der Waals surface area contributed by atoms with Gasteiger partial charge in [-0.1, -0.05) is 112 Å². The standard InChI is InChI=1S/C69H108N2O18Si2/c1-24-90(25-2,26-3)88-51-38-52-68(40-81-52,85-47(14)73)57-59(84-60(76)48-33-29-27-30-34-48)69(80)39-50(45(12)54(66(69,21)22)56(82-46(13)72)58(75)67(51,57)23)83-61(77)55(89-91(42(6)7,43(8)9)44(10)11)49(37-41(4)5)70-53(74)35-31-28-32-36-71(62(78)86-64(15,16)17)63(79)87-65(18,19)20/h27,29-31,33-35,37,42-44,49-52,55-57,59,80H,24-26,28,32,36,38-40H2,1-23H3,(H,70,74)/b35-31+/t49-,50-,51-,52+,55+,56+,57-,59-,67+,68-,69+/m0/s1. The molecule has 2 saturated carbocycles. The Bertz CT molecular complexity index is 2860. The molecule has 22 heteroatoms. The average molecular weight is 1310 g/mol. The Morgan fingerprint density at radius 3 is 1.81 bits per heavy atom. The van der Waals surface area contributed by atoms with Crippen molar-refractivity contribution in [3.8, 4) is 0 Å². The molecule has 1 aliphatic heterocycles. The normalized spacial score (nSPS) is 26.4. The number of rotatable bonds is 24. The van der Waals surface area contributed by atoms with Gasteiger partial charge >= 0.3 is 36.1 Å². The third kappa shape index (κ3) is 16.2. The second kappa shape index (κ2) is 29.4. The zero-order valence-electron chi connectivity index (χ0n) is 58.7. The predicted octanol–water partition coefficient (Wildman–Crippen LogP) is 12.8. The van der Waals surface area contributed by atoms with Gasteiger partial charge in [-0.05, 0) is 146 Å². The van der Waals surface area contributed by atoms with E-state index >= 15 is 14.4 Å². The van der Waals surface area contributed by atoms with Gasteiger partial charge in [0.25, 0.3) is 0 Å². The maximum Gasteiger partial charge on any atom is 0.419 e. The molecular weight excluding hydrogens is 1200 g/mol. The Kier molecular flexibility index (Phi) is 24.6. The molecule has 11 atom stereocenters. The average Bonchev–Trinajstić information content (AvgIpc) is 0.669. The molecule has 510 valence electrons. The van der Waals surface area contributed by atoms with Gasteiger partial charge in [-0.3, -0.25) is 19.2 Å². The molecule has 3 fully saturated rings. The maximum absolute atomic E-state index is 16.8. The van der Waals surface area contributed by atoms with Crippen LogP contribution >= 0.6 is 0 Å². The van der Waals surface area contributed by atoms with E-state index in [0.717, 1.165) is 4.90 Å². The number of nitrogens with zero attached hydrogens (tertiary/aromatic N) is 1. The van der Waals surface area contributed by atoms with E-state index in [4.69, 9.17) is 42.0 Å². The minimum Gasteiger partial charge on any atom is -0.456 e. The highest BCUT2D eigenvalue weighted by Gasteiger charge is 2.79. The number of nitrogens with one attached hydrogen (secondary N) is 1. The van der Waals surface area contributed by atoms with E-state index < -0.39 is 153 Å². The summed E-state index contributed by atoms with van der Waals surface area (Å²) in [6.07, 6.45) is -5.64. The molecule has 91 heavy (non-hydrogen) atoms. The molecule has 1 heterocycles. The maximum atomic E-state index is 16.8. The summed E-state index contributed by atoms with van der Waals surface area (Å²) in [5, 5.41) is 17.6. The number of allylic oxidation sites excluding steroid dienone is 2. The highest BCUT2D eigenvalue weighted by Crippen LogP contribution is 2.65. The molecule has 1 saturated heterocycles. The molecule has 5 rings (SSSR count). The number of unbranched alkanes of at least 4 members (excludes halogenated alkanes) is 1. The van der Waals surface area contributed by atoms with Crippen molar-refractivity contribution in [2.45, 2.75) is 285 Å². The van der Waals surface area contributed by atoms with Gasteiger partial charge in [-0.25, -0.2) is 24.1 Å². The first-order valence-corrected chi connectivity index (χ1v) is 37.3. The van der Waals surface area contributed by atoms with Crippen LogP contribution in [-0.2, 0) is 66.0 Å². The van der Waals surface area contributed by atoms with E-state index in [-0.39, 0.29) is 65.7 Å². The Balaban J connectivity index is 1.75. The summed E-state index contributed by atoms with van der Waals surface area (Å²) in [4.78, 5) is 117. The Hall–Kier alpha value is -5.53. The van der Waals surface area contributed by atoms with Crippen molar-refractivity contribution in [3.63, 3.8) is 0 Å². The number of amides is 3. The van der Waals surface area contributed by atoms with Crippen LogP contribution in [0.2, 0.25) is 34.8 Å². The fraction of sp³-hybridized carbons (Fsp3) is 0.710. The zero-order valence-corrected chi connectivity index (χ0v) is 60.7. The summed E-state index contributed by atoms with van der Waals surface area (Å²) in [5.74, 6) is -6.10. The molecule has 0 unspecified atom stereocenters. The number of hydrogen-bond donors (Lipinski definition) is 2. The van der Waals surface area contributed by atoms with Crippen molar-refractivity contribution in [1.82, 2.24) is 10.2 Å². The molecule has 3 amide bonds. The Morgan fingerprint density at radius 1 is 0.802 bits per heavy atom. The summed E-state index contributed by atoms with van der Waals surface area (Å²) in [6, 6.07) is 8.98. The van der Waals surface area contributed by atoms with Gasteiger partial charge < -0.3 is 52.4 Å². The predicted molar refractivity (Wildman–Crippen MR) is 349 cm³/mol. The van der Waals surface area contributed by atoms with Crippen LogP contribution in [0, 0.1) is 16.7 Å². The fourth-order valence-corrected chi connectivity index (χ4v) is 23.2. The lowest BCUT2D eigenvalue weighted by atomic mass is 9.44. The molecule has 3 aliphatic carbocycles. The van der Waals surface area contributed by atoms with E-state index in [2.05, 4.69) is 5.32 Å². The molecule has 4 aliphatic rings. The second-order valence-electron chi connectivity index (χ2n) is 29.3. The number of fused-ring (bicyclic) bond motifs is 5. The van der Waals surface area contributed by atoms with Crippen LogP contribution in [0.3, 0.4) is 0 Å². The third-order valence-corrected chi connectivity index (χ3v) is 30.1. The van der Waals surface area contributed by atoms with Gasteiger partial charge in [0.15, 0.2) is 31.9 Å². The molecule has 0 aromatic heterocycles. The first-order valence-electron chi connectivity index (χ1n) is 32.6. The van der Waals surface area contributed by atoms with Crippen molar-refractivity contribution in [2.24, 2.45) is 16.7 Å². The smallest absolute Gasteiger partial charge is 0.419 e. The topological polar surface area (TPSA) is 255 Å². The number of imide groups is 1. The van der Waals surface area contributed by atoms with Crippen LogP contribution in [-0.4, -0.2) is 153 Å². The summed E-state index contributed by atoms with van der Waals surface area (Å²) < 4.78 is 58.7. The molecule has 0 radical (unpaired) electrons. The van der Waals surface area contributed by atoms with E-state index in [9.17, 15) is 29.1 Å². The van der Waals surface area contributed by atoms with Crippen LogP contribution in [0.25, 0.3) is 0 Å². The minimum atomic E-state index is -3.13. The number of esters is 4. The van der Waals surface area contributed by atoms with Gasteiger partial charge in [0.05, 0.1) is 35.6 Å². The largest absolute Gasteiger partial charge is 0.456 e. The van der Waals surface area contributed by atoms with Gasteiger partial charge in [0, 0.05) is 38.6 Å². The zero-order chi connectivity index (χ0) is 68.9. The lowest BCUT2D eigenvalue weighted by Gasteiger charge is -2.68. The van der Waals surface area contributed by atoms with Crippen LogP contribution < -0.4 is 5.32 Å². The van der Waals surface area contributed by atoms with Crippen molar-refractivity contribution in [1.29, 1.82) is 0 Å². The highest BCUT2D eigenvalue weighted by molar-refractivity contribution is 6.77. The molecular formula is C69H108N2O18Si2. The second-order valence-corrected chi connectivity index (χ2v) is 39.4. The van der Waals surface area contributed by atoms with Crippen LogP contribution in [0.1, 0.15) is 195 Å². The number of aliphatic hydroxyl groups is 1. The summed E-state index contributed by atoms with van der Waals surface area (Å²) in [5.41, 5.74) is -8.54. The summed E-state index contributed by atoms with van der Waals surface area (Å²) >= 11 is 0. The number of ether oxygens (including phenoxy) is 7. The summed E-state index contributed by atoms with van der Waals surface area (Å²) in [6.45, 7) is 40.9. The van der Waals surface area contributed by atoms with Crippen molar-refractivity contribution in [2.75, 3.05) is 13.2 Å². The highest BCUT2D eigenvalue weighted by atomic mass is 28.4. The Morgan fingerprint density at radius 2 is 1.35 bits per heavy atom. The first kappa shape index (κ1) is 76.2. The number of benzene rings is 1. The number of hydrogen-bond acceptors (Lipinski definition) is 18. The Labute approximate surface area is 543 Å². The van der Waals surface area contributed by atoms with Crippen molar-refractivity contribution in [3.05, 3.63) is 70.8 Å². The molecule has 20 nitrogen and oxygen atoms in total. The third-order valence-electron chi connectivity index (χ3n) is 19.4. The van der Waals surface area contributed by atoms with E-state index in [0.29, 0.717) is 23.7 Å². The number of ketones is 1. The quantitative estimate of drug-likeness (QED) is 0.0243. The van der Waals surface area contributed by atoms with Crippen molar-refractivity contribution < 1.29 is 85.5 Å². The fourth-order valence-electron chi connectivity index (χ4n) is 14.8. The van der Waals surface area contributed by atoms with E-state index in [1.165, 1.54) is 19.9 Å². The molecule has 1 aromatic rings. The van der Waals surface area contributed by atoms with Crippen molar-refractivity contribution >= 4 is 64.4 Å². The number of Topliss-reactive ketones (excluding diaryl/α,β-unsaturated/α-hetero) is 1.